The molecule has 2 aromatic heterocycles. The van der Waals surface area contributed by atoms with E-state index in [1.807, 2.05) is 0 Å². The number of alkyl halides is 3. The van der Waals surface area contributed by atoms with Crippen LogP contribution in [0.2, 0.25) is 0 Å². The van der Waals surface area contributed by atoms with E-state index < -0.39 is 29.7 Å². The van der Waals surface area contributed by atoms with Crippen LogP contribution in [0.15, 0.2) is 42.9 Å². The summed E-state index contributed by atoms with van der Waals surface area (Å²) < 4.78 is 42.3. The van der Waals surface area contributed by atoms with Crippen molar-refractivity contribution in [1.29, 1.82) is 0 Å². The molecule has 0 radical (unpaired) electrons. The lowest BCUT2D eigenvalue weighted by Crippen LogP contribution is -2.42. The van der Waals surface area contributed by atoms with Crippen molar-refractivity contribution < 1.29 is 27.8 Å². The van der Waals surface area contributed by atoms with Gasteiger partial charge in [-0.2, -0.15) is 0 Å². The van der Waals surface area contributed by atoms with Crippen molar-refractivity contribution in [3.63, 3.8) is 0 Å². The van der Waals surface area contributed by atoms with Gasteiger partial charge in [0.05, 0.1) is 17.8 Å². The number of nitrogens with one attached hydrogen (secondary N) is 1. The Hall–Kier alpha value is -3.54. The smallest absolute Gasteiger partial charge is 0.406 e. The van der Waals surface area contributed by atoms with E-state index in [-0.39, 0.29) is 11.4 Å². The Morgan fingerprint density at radius 2 is 1.87 bits per heavy atom. The highest BCUT2D eigenvalue weighted by atomic mass is 19.4. The second kappa shape index (κ2) is 8.30. The molecule has 0 saturated heterocycles. The average molecular weight is 436 g/mol. The first-order chi connectivity index (χ1) is 14.5. The first-order valence-corrected chi connectivity index (χ1v) is 9.00. The molecule has 2 heterocycles. The molecule has 1 aromatic carbocycles. The van der Waals surface area contributed by atoms with Crippen molar-refractivity contribution in [2.45, 2.75) is 31.9 Å². The Bertz CT molecular complexity index is 1050. The van der Waals surface area contributed by atoms with E-state index in [4.69, 9.17) is 0 Å². The van der Waals surface area contributed by atoms with Crippen LogP contribution in [0.4, 0.5) is 13.2 Å². The molecule has 0 fully saturated rings. The number of halogens is 3. The molecule has 1 atom stereocenters. The molecule has 3 rings (SSSR count). The number of hydrogen-bond acceptors (Lipinski definition) is 7. The lowest BCUT2D eigenvalue weighted by molar-refractivity contribution is -0.274. The molecule has 2 N–H and O–H groups in total. The topological polar surface area (TPSA) is 115 Å². The Kier molecular flexibility index (Phi) is 5.93. The fourth-order valence-corrected chi connectivity index (χ4v) is 2.93. The minimum absolute atomic E-state index is 0.0757. The zero-order valence-corrected chi connectivity index (χ0v) is 16.8. The number of amides is 1. The number of aromatic nitrogens is 5. The van der Waals surface area contributed by atoms with E-state index in [0.717, 1.165) is 12.1 Å². The minimum Gasteiger partial charge on any atom is -0.406 e. The predicted octanol–water partition coefficient (Wildman–Crippen LogP) is 2.41. The van der Waals surface area contributed by atoms with E-state index in [9.17, 15) is 23.1 Å². The number of ether oxygens (including phenoxy) is 1. The van der Waals surface area contributed by atoms with E-state index in [0.29, 0.717) is 11.3 Å². The molecule has 9 nitrogen and oxygen atoms in total. The third-order valence-corrected chi connectivity index (χ3v) is 4.28. The van der Waals surface area contributed by atoms with Gasteiger partial charge in [-0.3, -0.25) is 14.8 Å². The SMILES string of the molecule is Cn1nnc(-c2cnccn2)c1C(=O)N[C@@H](c1ccc(OC(F)(F)F)cc1)C(C)(C)O. The van der Waals surface area contributed by atoms with E-state index >= 15 is 0 Å². The van der Waals surface area contributed by atoms with Crippen LogP contribution in [0, 0.1) is 0 Å². The van der Waals surface area contributed by atoms with Crippen LogP contribution in [-0.4, -0.2) is 47.9 Å². The molecule has 3 aromatic rings. The second-order valence-electron chi connectivity index (χ2n) is 7.18. The number of hydrogen-bond donors (Lipinski definition) is 2. The Morgan fingerprint density at radius 3 is 2.42 bits per heavy atom. The van der Waals surface area contributed by atoms with Crippen LogP contribution in [0.5, 0.6) is 5.75 Å². The first-order valence-electron chi connectivity index (χ1n) is 9.00. The van der Waals surface area contributed by atoms with Gasteiger partial charge >= 0.3 is 6.36 Å². The summed E-state index contributed by atoms with van der Waals surface area (Å²) in [5.41, 5.74) is -0.495. The normalized spacial score (nSPS) is 13.0. The maximum atomic E-state index is 13.1. The molecule has 164 valence electrons. The Morgan fingerprint density at radius 1 is 1.19 bits per heavy atom. The largest absolute Gasteiger partial charge is 0.573 e. The molecule has 0 unspecified atom stereocenters. The molecule has 12 heteroatoms. The number of aryl methyl sites for hydroxylation is 1. The van der Waals surface area contributed by atoms with Gasteiger partial charge in [0.2, 0.25) is 0 Å². The zero-order valence-electron chi connectivity index (χ0n) is 16.8. The van der Waals surface area contributed by atoms with Crippen LogP contribution in [0.1, 0.15) is 35.9 Å². The summed E-state index contributed by atoms with van der Waals surface area (Å²) in [6, 6.07) is 3.89. The highest BCUT2D eigenvalue weighted by Gasteiger charge is 2.34. The van der Waals surface area contributed by atoms with Crippen molar-refractivity contribution in [3.8, 4) is 17.1 Å². The van der Waals surface area contributed by atoms with Crippen molar-refractivity contribution in [3.05, 3.63) is 54.1 Å². The molecule has 0 spiro atoms. The third-order valence-electron chi connectivity index (χ3n) is 4.28. The van der Waals surface area contributed by atoms with Gasteiger partial charge in [-0.25, -0.2) is 4.68 Å². The van der Waals surface area contributed by atoms with Crippen molar-refractivity contribution in [2.75, 3.05) is 0 Å². The van der Waals surface area contributed by atoms with Gasteiger partial charge in [-0.15, -0.1) is 18.3 Å². The Balaban J connectivity index is 1.90. The number of carbonyl (C=O) groups is 1. The molecular formula is C19H19F3N6O3. The standard InChI is InChI=1S/C19H19F3N6O3/c1-18(2,30)16(11-4-6-12(7-5-11)31-19(20,21)22)25-17(29)15-14(26-27-28(15)3)13-10-23-8-9-24-13/h4-10,16,30H,1-3H3,(H,25,29)/t16-/m0/s1. The Labute approximate surface area is 174 Å². The number of aliphatic hydroxyl groups is 1. The predicted molar refractivity (Wildman–Crippen MR) is 102 cm³/mol. The van der Waals surface area contributed by atoms with Crippen LogP contribution in [0.25, 0.3) is 11.4 Å². The van der Waals surface area contributed by atoms with Gasteiger partial charge in [-0.05, 0) is 31.5 Å². The average Bonchev–Trinajstić information content (AvgIpc) is 3.07. The molecule has 31 heavy (non-hydrogen) atoms. The monoisotopic (exact) mass is 436 g/mol. The van der Waals surface area contributed by atoms with Gasteiger partial charge in [0, 0.05) is 19.4 Å². The second-order valence-corrected chi connectivity index (χ2v) is 7.18. The van der Waals surface area contributed by atoms with Gasteiger partial charge in [0.1, 0.15) is 17.1 Å². The van der Waals surface area contributed by atoms with Crippen molar-refractivity contribution >= 4 is 5.91 Å². The molecule has 0 saturated carbocycles. The molecule has 0 aliphatic carbocycles. The number of rotatable bonds is 6. The number of carbonyl (C=O) groups excluding carboxylic acids is 1. The zero-order chi connectivity index (χ0) is 22.8. The lowest BCUT2D eigenvalue weighted by atomic mass is 9.91. The molecule has 1 amide bonds. The number of benzene rings is 1. The fourth-order valence-electron chi connectivity index (χ4n) is 2.93. The third kappa shape index (κ3) is 5.34. The maximum absolute atomic E-state index is 13.1. The first kappa shape index (κ1) is 22.2. The summed E-state index contributed by atoms with van der Waals surface area (Å²) in [7, 11) is 1.52. The van der Waals surface area contributed by atoms with Gasteiger partial charge in [-0.1, -0.05) is 17.3 Å². The summed E-state index contributed by atoms with van der Waals surface area (Å²) in [5, 5.41) is 21.1. The van der Waals surface area contributed by atoms with E-state index in [2.05, 4.69) is 30.3 Å². The van der Waals surface area contributed by atoms with Crippen LogP contribution in [0.3, 0.4) is 0 Å². The highest BCUT2D eigenvalue weighted by Crippen LogP contribution is 2.30. The summed E-state index contributed by atoms with van der Waals surface area (Å²) in [6.07, 6.45) is -0.492. The van der Waals surface area contributed by atoms with Crippen LogP contribution in [-0.2, 0) is 7.05 Å². The van der Waals surface area contributed by atoms with Crippen LogP contribution < -0.4 is 10.1 Å². The molecule has 0 aliphatic heterocycles. The molecule has 0 bridgehead atoms. The van der Waals surface area contributed by atoms with Crippen molar-refractivity contribution in [2.24, 2.45) is 7.05 Å². The van der Waals surface area contributed by atoms with Crippen molar-refractivity contribution in [1.82, 2.24) is 30.3 Å². The number of nitrogens with zero attached hydrogens (tertiary/aromatic N) is 5. The van der Waals surface area contributed by atoms with E-state index in [1.165, 1.54) is 56.3 Å². The van der Waals surface area contributed by atoms with E-state index in [1.54, 1.807) is 0 Å². The summed E-state index contributed by atoms with van der Waals surface area (Å²) in [4.78, 5) is 21.1. The quantitative estimate of drug-likeness (QED) is 0.610. The molecular weight excluding hydrogens is 417 g/mol. The summed E-state index contributed by atoms with van der Waals surface area (Å²) in [5.74, 6) is -1.03. The highest BCUT2D eigenvalue weighted by molar-refractivity contribution is 5.98. The van der Waals surface area contributed by atoms with Gasteiger partial charge in [0.15, 0.2) is 5.69 Å². The van der Waals surface area contributed by atoms with Gasteiger partial charge < -0.3 is 15.2 Å². The summed E-state index contributed by atoms with van der Waals surface area (Å²) >= 11 is 0. The van der Waals surface area contributed by atoms with Crippen LogP contribution >= 0.6 is 0 Å². The minimum atomic E-state index is -4.82. The lowest BCUT2D eigenvalue weighted by Gasteiger charge is -2.30. The van der Waals surface area contributed by atoms with Gasteiger partial charge in [0.25, 0.3) is 5.91 Å². The fraction of sp³-hybridized carbons (Fsp3) is 0.316. The molecule has 0 aliphatic rings. The summed E-state index contributed by atoms with van der Waals surface area (Å²) in [6.45, 7) is 2.92. The maximum Gasteiger partial charge on any atom is 0.573 e.